The number of esters is 1. The van der Waals surface area contributed by atoms with Crippen LogP contribution in [0, 0.1) is 11.8 Å². The summed E-state index contributed by atoms with van der Waals surface area (Å²) >= 11 is 0. The number of rotatable bonds is 6. The first-order valence-corrected chi connectivity index (χ1v) is 4.85. The van der Waals surface area contributed by atoms with Crippen molar-refractivity contribution in [2.45, 2.75) is 33.6 Å². The highest BCUT2D eigenvalue weighted by Crippen LogP contribution is 2.17. The Morgan fingerprint density at radius 3 is 2.29 bits per heavy atom. The Bertz CT molecular complexity index is 198. The van der Waals surface area contributed by atoms with E-state index in [0.29, 0.717) is 18.9 Å². The quantitative estimate of drug-likeness (QED) is 0.666. The third kappa shape index (κ3) is 5.56. The maximum absolute atomic E-state index is 11.3. The Kier molecular flexibility index (Phi) is 5.92. The molecule has 0 aromatic carbocycles. The fourth-order valence-electron chi connectivity index (χ4n) is 1.30. The van der Waals surface area contributed by atoms with Gasteiger partial charge in [0.1, 0.15) is 0 Å². The summed E-state index contributed by atoms with van der Waals surface area (Å²) in [5.41, 5.74) is 0. The largest absolute Gasteiger partial charge is 0.481 e. The number of carboxylic acids is 1. The monoisotopic (exact) mass is 202 g/mol. The molecule has 0 heterocycles. The Morgan fingerprint density at radius 1 is 1.36 bits per heavy atom. The summed E-state index contributed by atoms with van der Waals surface area (Å²) in [5.74, 6) is -1.57. The molecule has 1 atom stereocenters. The van der Waals surface area contributed by atoms with Gasteiger partial charge in [-0.25, -0.2) is 0 Å². The minimum atomic E-state index is -0.955. The maximum atomic E-state index is 11.3. The van der Waals surface area contributed by atoms with E-state index in [2.05, 4.69) is 0 Å². The first-order valence-electron chi connectivity index (χ1n) is 4.85. The Labute approximate surface area is 84.3 Å². The summed E-state index contributed by atoms with van der Waals surface area (Å²) in [6, 6.07) is 0. The summed E-state index contributed by atoms with van der Waals surface area (Å²) < 4.78 is 4.80. The van der Waals surface area contributed by atoms with Crippen LogP contribution in [-0.2, 0) is 14.3 Å². The number of ether oxygens (including phenoxy) is 1. The van der Waals surface area contributed by atoms with Crippen LogP contribution in [0.5, 0.6) is 0 Å². The van der Waals surface area contributed by atoms with Crippen molar-refractivity contribution in [2.75, 3.05) is 6.61 Å². The summed E-state index contributed by atoms with van der Waals surface area (Å²) in [5, 5.41) is 8.61. The van der Waals surface area contributed by atoms with Crippen molar-refractivity contribution in [3.63, 3.8) is 0 Å². The Morgan fingerprint density at radius 2 is 1.93 bits per heavy atom. The van der Waals surface area contributed by atoms with Gasteiger partial charge in [-0.2, -0.15) is 0 Å². The van der Waals surface area contributed by atoms with Crippen molar-refractivity contribution in [3.05, 3.63) is 0 Å². The lowest BCUT2D eigenvalue weighted by Gasteiger charge is -2.15. The zero-order valence-corrected chi connectivity index (χ0v) is 8.95. The normalized spacial score (nSPS) is 12.6. The molecule has 0 spiro atoms. The van der Waals surface area contributed by atoms with Crippen molar-refractivity contribution in [1.82, 2.24) is 0 Å². The standard InChI is InChI=1S/C10H18O4/c1-4-14-10(13)8(5-7(2)3)6-9(11)12/h7-8H,4-6H2,1-3H3,(H,11,12)/t8-/m1/s1. The molecule has 82 valence electrons. The van der Waals surface area contributed by atoms with E-state index in [1.54, 1.807) is 6.92 Å². The predicted molar refractivity (Wildman–Crippen MR) is 51.8 cm³/mol. The zero-order valence-electron chi connectivity index (χ0n) is 8.95. The van der Waals surface area contributed by atoms with Crippen molar-refractivity contribution < 1.29 is 19.4 Å². The molecule has 0 aliphatic carbocycles. The molecule has 0 radical (unpaired) electrons. The van der Waals surface area contributed by atoms with E-state index >= 15 is 0 Å². The maximum Gasteiger partial charge on any atom is 0.309 e. The number of carbonyl (C=O) groups excluding carboxylic acids is 1. The van der Waals surface area contributed by atoms with Crippen LogP contribution in [0.15, 0.2) is 0 Å². The molecule has 0 aliphatic rings. The number of carbonyl (C=O) groups is 2. The molecule has 14 heavy (non-hydrogen) atoms. The average molecular weight is 202 g/mol. The van der Waals surface area contributed by atoms with Gasteiger partial charge in [-0.3, -0.25) is 9.59 Å². The molecular formula is C10H18O4. The molecule has 0 bridgehead atoms. The molecule has 4 nitrogen and oxygen atoms in total. The topological polar surface area (TPSA) is 63.6 Å². The van der Waals surface area contributed by atoms with Crippen LogP contribution in [0.1, 0.15) is 33.6 Å². The second-order valence-corrected chi connectivity index (χ2v) is 3.68. The molecular weight excluding hydrogens is 184 g/mol. The molecule has 0 saturated carbocycles. The summed E-state index contributed by atoms with van der Waals surface area (Å²) in [6.45, 7) is 5.92. The first-order chi connectivity index (χ1) is 6.47. The minimum absolute atomic E-state index is 0.142. The molecule has 0 aromatic heterocycles. The van der Waals surface area contributed by atoms with Gasteiger partial charge in [-0.15, -0.1) is 0 Å². The molecule has 4 heteroatoms. The Hall–Kier alpha value is -1.06. The lowest BCUT2D eigenvalue weighted by atomic mass is 9.94. The van der Waals surface area contributed by atoms with Gasteiger partial charge in [-0.05, 0) is 19.3 Å². The average Bonchev–Trinajstić information content (AvgIpc) is 2.01. The molecule has 0 aliphatic heterocycles. The van der Waals surface area contributed by atoms with E-state index in [-0.39, 0.29) is 6.42 Å². The van der Waals surface area contributed by atoms with E-state index in [0.717, 1.165) is 0 Å². The third-order valence-electron chi connectivity index (χ3n) is 1.80. The SMILES string of the molecule is CCOC(=O)[C@@H](CC(=O)O)CC(C)C. The summed E-state index contributed by atoms with van der Waals surface area (Å²) in [6.07, 6.45) is 0.419. The second kappa shape index (κ2) is 6.40. The highest BCUT2D eigenvalue weighted by molar-refractivity contribution is 5.79. The van der Waals surface area contributed by atoms with Gasteiger partial charge in [0, 0.05) is 0 Å². The van der Waals surface area contributed by atoms with Crippen molar-refractivity contribution in [2.24, 2.45) is 11.8 Å². The third-order valence-corrected chi connectivity index (χ3v) is 1.80. The predicted octanol–water partition coefficient (Wildman–Crippen LogP) is 1.69. The number of aliphatic carboxylic acids is 1. The van der Waals surface area contributed by atoms with Gasteiger partial charge in [0.15, 0.2) is 0 Å². The van der Waals surface area contributed by atoms with E-state index in [1.165, 1.54) is 0 Å². The van der Waals surface area contributed by atoms with Gasteiger partial charge in [0.05, 0.1) is 18.9 Å². The van der Waals surface area contributed by atoms with Crippen LogP contribution in [0.4, 0.5) is 0 Å². The fraction of sp³-hybridized carbons (Fsp3) is 0.800. The zero-order chi connectivity index (χ0) is 11.1. The smallest absolute Gasteiger partial charge is 0.309 e. The van der Waals surface area contributed by atoms with Crippen LogP contribution in [-0.4, -0.2) is 23.7 Å². The van der Waals surface area contributed by atoms with E-state index < -0.39 is 17.9 Å². The van der Waals surface area contributed by atoms with Crippen LogP contribution < -0.4 is 0 Å². The van der Waals surface area contributed by atoms with E-state index in [9.17, 15) is 9.59 Å². The number of carboxylic acid groups (broad SMARTS) is 1. The van der Waals surface area contributed by atoms with Gasteiger partial charge < -0.3 is 9.84 Å². The summed E-state index contributed by atoms with van der Waals surface area (Å²) in [7, 11) is 0. The molecule has 0 fully saturated rings. The highest BCUT2D eigenvalue weighted by Gasteiger charge is 2.23. The lowest BCUT2D eigenvalue weighted by Crippen LogP contribution is -2.22. The fourth-order valence-corrected chi connectivity index (χ4v) is 1.30. The molecule has 1 N–H and O–H groups in total. The number of hydrogen-bond acceptors (Lipinski definition) is 3. The highest BCUT2D eigenvalue weighted by atomic mass is 16.5. The van der Waals surface area contributed by atoms with Crippen LogP contribution in [0.3, 0.4) is 0 Å². The molecule has 0 unspecified atom stereocenters. The number of hydrogen-bond donors (Lipinski definition) is 1. The molecule has 0 amide bonds. The van der Waals surface area contributed by atoms with Gasteiger partial charge in [0.2, 0.25) is 0 Å². The van der Waals surface area contributed by atoms with Crippen LogP contribution in [0.2, 0.25) is 0 Å². The Balaban J connectivity index is 4.22. The molecule has 0 saturated heterocycles. The van der Waals surface area contributed by atoms with E-state index in [4.69, 9.17) is 9.84 Å². The second-order valence-electron chi connectivity index (χ2n) is 3.68. The van der Waals surface area contributed by atoms with Gasteiger partial charge in [0.25, 0.3) is 0 Å². The van der Waals surface area contributed by atoms with Crippen molar-refractivity contribution in [1.29, 1.82) is 0 Å². The lowest BCUT2D eigenvalue weighted by molar-refractivity contribution is -0.153. The van der Waals surface area contributed by atoms with Gasteiger partial charge >= 0.3 is 11.9 Å². The summed E-state index contributed by atoms with van der Waals surface area (Å²) in [4.78, 5) is 21.8. The van der Waals surface area contributed by atoms with Crippen molar-refractivity contribution >= 4 is 11.9 Å². The first kappa shape index (κ1) is 12.9. The van der Waals surface area contributed by atoms with Gasteiger partial charge in [-0.1, -0.05) is 13.8 Å². The molecule has 0 rings (SSSR count). The van der Waals surface area contributed by atoms with Crippen LogP contribution in [0.25, 0.3) is 0 Å². The van der Waals surface area contributed by atoms with Crippen LogP contribution >= 0.6 is 0 Å². The van der Waals surface area contributed by atoms with Crippen molar-refractivity contribution in [3.8, 4) is 0 Å². The molecule has 0 aromatic rings. The van der Waals surface area contributed by atoms with E-state index in [1.807, 2.05) is 13.8 Å². The minimum Gasteiger partial charge on any atom is -0.481 e.